The molecular formula is C16H23NO4. The van der Waals surface area contributed by atoms with Crippen LogP contribution in [-0.4, -0.2) is 39.8 Å². The van der Waals surface area contributed by atoms with E-state index in [2.05, 4.69) is 0 Å². The van der Waals surface area contributed by atoms with Crippen LogP contribution in [0.3, 0.4) is 0 Å². The number of likely N-dealkylation sites (tertiary alicyclic amines) is 1. The van der Waals surface area contributed by atoms with Gasteiger partial charge in [0.25, 0.3) is 0 Å². The van der Waals surface area contributed by atoms with Crippen LogP contribution in [0, 0.1) is 0 Å². The summed E-state index contributed by atoms with van der Waals surface area (Å²) in [6.45, 7) is 5.24. The zero-order valence-electron chi connectivity index (χ0n) is 12.6. The van der Waals surface area contributed by atoms with Crippen molar-refractivity contribution in [2.45, 2.75) is 45.2 Å². The number of para-hydroxylation sites is 1. The normalized spacial score (nSPS) is 23.0. The van der Waals surface area contributed by atoms with Crippen LogP contribution in [0.25, 0.3) is 0 Å². The summed E-state index contributed by atoms with van der Waals surface area (Å²) < 4.78 is 5.38. The largest absolute Gasteiger partial charge is 0.504 e. The van der Waals surface area contributed by atoms with Crippen LogP contribution in [-0.2, 0) is 11.3 Å². The maximum Gasteiger partial charge on any atom is 0.323 e. The molecule has 116 valence electrons. The smallest absolute Gasteiger partial charge is 0.323 e. The van der Waals surface area contributed by atoms with E-state index in [4.69, 9.17) is 4.74 Å². The molecule has 1 aliphatic heterocycles. The molecule has 1 aromatic carbocycles. The fourth-order valence-corrected chi connectivity index (χ4v) is 2.85. The molecule has 1 atom stereocenters. The van der Waals surface area contributed by atoms with Gasteiger partial charge < -0.3 is 14.9 Å². The first kappa shape index (κ1) is 15.6. The molecule has 0 amide bonds. The zero-order valence-corrected chi connectivity index (χ0v) is 12.6. The number of phenolic OH excluding ortho intramolecular Hbond substituents is 1. The van der Waals surface area contributed by atoms with Crippen molar-refractivity contribution in [3.63, 3.8) is 0 Å². The minimum atomic E-state index is -0.869. The van der Waals surface area contributed by atoms with E-state index in [-0.39, 0.29) is 5.75 Å². The molecule has 2 N–H and O–H groups in total. The number of rotatable bonds is 5. The van der Waals surface area contributed by atoms with E-state index in [1.165, 1.54) is 0 Å². The first-order chi connectivity index (χ1) is 9.99. The number of aromatic hydroxyl groups is 1. The Morgan fingerprint density at radius 1 is 1.43 bits per heavy atom. The summed E-state index contributed by atoms with van der Waals surface area (Å²) in [4.78, 5) is 13.5. The van der Waals surface area contributed by atoms with Gasteiger partial charge in [0.2, 0.25) is 0 Å². The first-order valence-electron chi connectivity index (χ1n) is 7.41. The summed E-state index contributed by atoms with van der Waals surface area (Å²) in [6.07, 6.45) is 2.54. The average Bonchev–Trinajstić information content (AvgIpc) is 2.45. The van der Waals surface area contributed by atoms with Crippen LogP contribution < -0.4 is 4.74 Å². The van der Waals surface area contributed by atoms with E-state index in [0.29, 0.717) is 30.9 Å². The number of carbonyl (C=O) groups is 1. The van der Waals surface area contributed by atoms with E-state index < -0.39 is 11.5 Å². The maximum absolute atomic E-state index is 11.6. The molecule has 0 saturated carbocycles. The van der Waals surface area contributed by atoms with Crippen LogP contribution in [0.1, 0.15) is 38.7 Å². The quantitative estimate of drug-likeness (QED) is 0.873. The number of hydrogen-bond donors (Lipinski definition) is 2. The minimum absolute atomic E-state index is 0.109. The van der Waals surface area contributed by atoms with E-state index in [1.807, 2.05) is 24.0 Å². The molecule has 2 rings (SSSR count). The molecule has 5 heteroatoms. The SMILES string of the molecule is CCOc1cccc(CN2CCCCC2(C)C(=O)O)c1O. The van der Waals surface area contributed by atoms with Gasteiger partial charge in [0, 0.05) is 12.1 Å². The molecule has 1 unspecified atom stereocenters. The number of phenols is 1. The van der Waals surface area contributed by atoms with Crippen LogP contribution in [0.15, 0.2) is 18.2 Å². The van der Waals surface area contributed by atoms with Gasteiger partial charge in [-0.05, 0) is 45.7 Å². The Morgan fingerprint density at radius 2 is 2.19 bits per heavy atom. The van der Waals surface area contributed by atoms with Crippen molar-refractivity contribution in [3.8, 4) is 11.5 Å². The highest BCUT2D eigenvalue weighted by atomic mass is 16.5. The Labute approximate surface area is 125 Å². The van der Waals surface area contributed by atoms with Crippen molar-refractivity contribution >= 4 is 5.97 Å². The highest BCUT2D eigenvalue weighted by Gasteiger charge is 2.41. The first-order valence-corrected chi connectivity index (χ1v) is 7.41. The Bertz CT molecular complexity index is 517. The van der Waals surface area contributed by atoms with E-state index in [0.717, 1.165) is 19.4 Å². The lowest BCUT2D eigenvalue weighted by Gasteiger charge is -2.41. The molecular weight excluding hydrogens is 270 g/mol. The fraction of sp³-hybridized carbons (Fsp3) is 0.562. The molecule has 0 bridgehead atoms. The third-order valence-electron chi connectivity index (χ3n) is 4.24. The standard InChI is InChI=1S/C16H23NO4/c1-3-21-13-8-6-7-12(14(13)18)11-17-10-5-4-9-16(17,2)15(19)20/h6-8,18H,3-5,9-11H2,1-2H3,(H,19,20). The molecule has 1 heterocycles. The van der Waals surface area contributed by atoms with Crippen molar-refractivity contribution in [3.05, 3.63) is 23.8 Å². The number of benzene rings is 1. The van der Waals surface area contributed by atoms with Crippen LogP contribution in [0.2, 0.25) is 0 Å². The monoisotopic (exact) mass is 293 g/mol. The van der Waals surface area contributed by atoms with E-state index in [1.54, 1.807) is 13.0 Å². The molecule has 0 spiro atoms. The highest BCUT2D eigenvalue weighted by molar-refractivity contribution is 5.78. The predicted molar refractivity (Wildman–Crippen MR) is 79.6 cm³/mol. The maximum atomic E-state index is 11.6. The molecule has 1 aliphatic rings. The van der Waals surface area contributed by atoms with Gasteiger partial charge in [-0.2, -0.15) is 0 Å². The molecule has 0 aliphatic carbocycles. The Morgan fingerprint density at radius 3 is 2.86 bits per heavy atom. The molecule has 1 fully saturated rings. The van der Waals surface area contributed by atoms with Crippen molar-refractivity contribution < 1.29 is 19.7 Å². The third-order valence-corrected chi connectivity index (χ3v) is 4.24. The molecule has 0 radical (unpaired) electrons. The lowest BCUT2D eigenvalue weighted by atomic mass is 9.88. The molecule has 0 aromatic heterocycles. The topological polar surface area (TPSA) is 70.0 Å². The number of nitrogens with zero attached hydrogens (tertiary/aromatic N) is 1. The Kier molecular flexibility index (Phi) is 4.73. The van der Waals surface area contributed by atoms with Crippen molar-refractivity contribution in [1.29, 1.82) is 0 Å². The second kappa shape index (κ2) is 6.35. The summed E-state index contributed by atoms with van der Waals surface area (Å²) >= 11 is 0. The van der Waals surface area contributed by atoms with Gasteiger partial charge in [-0.1, -0.05) is 12.1 Å². The minimum Gasteiger partial charge on any atom is -0.504 e. The second-order valence-electron chi connectivity index (χ2n) is 5.65. The van der Waals surface area contributed by atoms with Gasteiger partial charge in [-0.3, -0.25) is 9.69 Å². The number of piperidine rings is 1. The fourth-order valence-electron chi connectivity index (χ4n) is 2.85. The van der Waals surface area contributed by atoms with Gasteiger partial charge in [-0.15, -0.1) is 0 Å². The lowest BCUT2D eigenvalue weighted by molar-refractivity contribution is -0.153. The summed E-state index contributed by atoms with van der Waals surface area (Å²) in [5.41, 5.74) is -0.165. The Balaban J connectivity index is 2.24. The van der Waals surface area contributed by atoms with Crippen LogP contribution in [0.4, 0.5) is 0 Å². The van der Waals surface area contributed by atoms with Crippen molar-refractivity contribution in [1.82, 2.24) is 4.90 Å². The predicted octanol–water partition coefficient (Wildman–Crippen LogP) is 2.62. The van der Waals surface area contributed by atoms with Gasteiger partial charge in [0.15, 0.2) is 11.5 Å². The van der Waals surface area contributed by atoms with Crippen LogP contribution in [0.5, 0.6) is 11.5 Å². The number of hydrogen-bond acceptors (Lipinski definition) is 4. The molecule has 1 aromatic rings. The lowest BCUT2D eigenvalue weighted by Crippen LogP contribution is -2.54. The summed E-state index contributed by atoms with van der Waals surface area (Å²) in [6, 6.07) is 5.35. The summed E-state index contributed by atoms with van der Waals surface area (Å²) in [5.74, 6) is -0.246. The third kappa shape index (κ3) is 3.13. The van der Waals surface area contributed by atoms with E-state index >= 15 is 0 Å². The van der Waals surface area contributed by atoms with Crippen molar-refractivity contribution in [2.75, 3.05) is 13.2 Å². The van der Waals surface area contributed by atoms with E-state index in [9.17, 15) is 15.0 Å². The van der Waals surface area contributed by atoms with Gasteiger partial charge in [-0.25, -0.2) is 0 Å². The Hall–Kier alpha value is -1.75. The molecule has 5 nitrogen and oxygen atoms in total. The number of carboxylic acid groups (broad SMARTS) is 1. The summed E-state index contributed by atoms with van der Waals surface area (Å²) in [7, 11) is 0. The van der Waals surface area contributed by atoms with Gasteiger partial charge in [0.05, 0.1) is 6.61 Å². The number of ether oxygens (including phenoxy) is 1. The summed E-state index contributed by atoms with van der Waals surface area (Å²) in [5, 5.41) is 19.8. The van der Waals surface area contributed by atoms with Crippen LogP contribution >= 0.6 is 0 Å². The zero-order chi connectivity index (χ0) is 15.5. The molecule has 21 heavy (non-hydrogen) atoms. The number of carboxylic acids is 1. The highest BCUT2D eigenvalue weighted by Crippen LogP contribution is 2.35. The van der Waals surface area contributed by atoms with Crippen molar-refractivity contribution in [2.24, 2.45) is 0 Å². The number of aliphatic carboxylic acids is 1. The molecule has 1 saturated heterocycles. The second-order valence-corrected chi connectivity index (χ2v) is 5.65. The average molecular weight is 293 g/mol. The van der Waals surface area contributed by atoms with Gasteiger partial charge >= 0.3 is 5.97 Å². The van der Waals surface area contributed by atoms with Gasteiger partial charge in [0.1, 0.15) is 5.54 Å².